The van der Waals surface area contributed by atoms with Gasteiger partial charge >= 0.3 is 0 Å². The lowest BCUT2D eigenvalue weighted by Crippen LogP contribution is -2.39. The molecular weight excluding hydrogens is 464 g/mol. The molecule has 0 aliphatic carbocycles. The minimum absolute atomic E-state index is 0.0601. The molecule has 1 atom stereocenters. The molecule has 1 aromatic heterocycles. The van der Waals surface area contributed by atoms with Crippen LogP contribution in [0.2, 0.25) is 5.02 Å². The Labute approximate surface area is 207 Å². The summed E-state index contributed by atoms with van der Waals surface area (Å²) in [7, 11) is 1.62. The van der Waals surface area contributed by atoms with Crippen LogP contribution in [-0.4, -0.2) is 39.8 Å². The lowest BCUT2D eigenvalue weighted by molar-refractivity contribution is -0.119. The molecule has 1 N–H and O–H groups in total. The standard InChI is InChI=1S/C26H23ClN6O2/c1-35-22-13-7-18(8-14-22)16-28-25(34)17-32-23(19-5-3-2-4-6-19)15-24(33-26(32)29-30-31-33)20-9-11-21(27)12-10-20/h2-15,24H,16-17H2,1H3,(H,28,34)/t24-/m0/s1. The number of fused-ring (bicyclic) bond motifs is 1. The van der Waals surface area contributed by atoms with Crippen molar-refractivity contribution in [2.45, 2.75) is 12.6 Å². The van der Waals surface area contributed by atoms with Crippen LogP contribution in [0.5, 0.6) is 5.75 Å². The second-order valence-electron chi connectivity index (χ2n) is 8.05. The molecule has 0 saturated carbocycles. The minimum atomic E-state index is -0.244. The molecule has 0 spiro atoms. The molecule has 1 aliphatic rings. The van der Waals surface area contributed by atoms with Crippen molar-refractivity contribution >= 4 is 29.2 Å². The molecule has 5 rings (SSSR count). The van der Waals surface area contributed by atoms with Gasteiger partial charge in [-0.05, 0) is 57.5 Å². The number of carbonyl (C=O) groups is 1. The lowest BCUT2D eigenvalue weighted by Gasteiger charge is -2.32. The molecule has 4 aromatic rings. The van der Waals surface area contributed by atoms with Gasteiger partial charge in [-0.25, -0.2) is 0 Å². The molecule has 176 valence electrons. The van der Waals surface area contributed by atoms with Gasteiger partial charge in [0.1, 0.15) is 18.3 Å². The second kappa shape index (κ2) is 9.99. The van der Waals surface area contributed by atoms with Crippen molar-refractivity contribution in [3.8, 4) is 5.75 Å². The number of benzene rings is 3. The van der Waals surface area contributed by atoms with Crippen LogP contribution >= 0.6 is 11.6 Å². The minimum Gasteiger partial charge on any atom is -0.497 e. The highest BCUT2D eigenvalue weighted by Gasteiger charge is 2.31. The van der Waals surface area contributed by atoms with Gasteiger partial charge in [-0.1, -0.05) is 71.3 Å². The number of amides is 1. The summed E-state index contributed by atoms with van der Waals surface area (Å²) in [6.07, 6.45) is 2.07. The number of carbonyl (C=O) groups excluding carboxylic acids is 1. The van der Waals surface area contributed by atoms with E-state index >= 15 is 0 Å². The number of rotatable bonds is 7. The zero-order valence-electron chi connectivity index (χ0n) is 19.0. The van der Waals surface area contributed by atoms with E-state index in [-0.39, 0.29) is 18.5 Å². The van der Waals surface area contributed by atoms with Crippen LogP contribution in [0.15, 0.2) is 84.9 Å². The normalized spacial score (nSPS) is 14.7. The molecule has 0 bridgehead atoms. The van der Waals surface area contributed by atoms with Crippen LogP contribution in [0, 0.1) is 0 Å². The van der Waals surface area contributed by atoms with Gasteiger partial charge < -0.3 is 10.1 Å². The Bertz CT molecular complexity index is 1340. The third-order valence-corrected chi connectivity index (χ3v) is 6.07. The SMILES string of the molecule is COc1ccc(CNC(=O)CN2C(c3ccccc3)=C[C@@H](c3ccc(Cl)cc3)n3nnnc32)cc1. The van der Waals surface area contributed by atoms with E-state index in [1.54, 1.807) is 11.8 Å². The molecule has 2 heterocycles. The number of ether oxygens (including phenoxy) is 1. The molecule has 0 saturated heterocycles. The monoisotopic (exact) mass is 486 g/mol. The van der Waals surface area contributed by atoms with Crippen molar-refractivity contribution in [2.75, 3.05) is 18.6 Å². The molecule has 9 heteroatoms. The Morgan fingerprint density at radius 1 is 1.03 bits per heavy atom. The van der Waals surface area contributed by atoms with E-state index in [2.05, 4.69) is 26.9 Å². The fourth-order valence-corrected chi connectivity index (χ4v) is 4.15. The lowest BCUT2D eigenvalue weighted by atomic mass is 10.0. The number of aromatic nitrogens is 4. The number of halogens is 1. The third-order valence-electron chi connectivity index (χ3n) is 5.82. The number of hydrogen-bond donors (Lipinski definition) is 1. The number of hydrogen-bond acceptors (Lipinski definition) is 6. The molecule has 8 nitrogen and oxygen atoms in total. The number of anilines is 1. The molecule has 0 unspecified atom stereocenters. The Hall–Kier alpha value is -4.17. The summed E-state index contributed by atoms with van der Waals surface area (Å²) in [5, 5.41) is 16.0. The second-order valence-corrected chi connectivity index (χ2v) is 8.49. The molecule has 0 radical (unpaired) electrons. The van der Waals surface area contributed by atoms with E-state index in [4.69, 9.17) is 16.3 Å². The van der Waals surface area contributed by atoms with E-state index in [1.807, 2.05) is 83.8 Å². The average molecular weight is 487 g/mol. The van der Waals surface area contributed by atoms with Crippen LogP contribution in [0.1, 0.15) is 22.7 Å². The Balaban J connectivity index is 1.43. The molecule has 1 amide bonds. The van der Waals surface area contributed by atoms with Crippen LogP contribution in [-0.2, 0) is 11.3 Å². The summed E-state index contributed by atoms with van der Waals surface area (Å²) in [4.78, 5) is 14.8. The van der Waals surface area contributed by atoms with Gasteiger partial charge in [0, 0.05) is 11.6 Å². The summed E-state index contributed by atoms with van der Waals surface area (Å²) in [5.41, 5.74) is 3.78. The van der Waals surface area contributed by atoms with Crippen LogP contribution < -0.4 is 15.0 Å². The predicted octanol–water partition coefficient (Wildman–Crippen LogP) is 4.10. The number of nitrogens with zero attached hydrogens (tertiary/aromatic N) is 5. The van der Waals surface area contributed by atoms with Gasteiger partial charge in [-0.15, -0.1) is 0 Å². The first-order valence-electron chi connectivity index (χ1n) is 11.1. The predicted molar refractivity (Wildman–Crippen MR) is 134 cm³/mol. The van der Waals surface area contributed by atoms with Crippen LogP contribution in [0.4, 0.5) is 5.95 Å². The molecule has 0 fully saturated rings. The summed E-state index contributed by atoms with van der Waals surface area (Å²) in [6, 6.07) is 24.8. The molecule has 35 heavy (non-hydrogen) atoms. The molecular formula is C26H23ClN6O2. The maximum atomic E-state index is 13.0. The fraction of sp³-hybridized carbons (Fsp3) is 0.154. The van der Waals surface area contributed by atoms with E-state index in [9.17, 15) is 4.79 Å². The highest BCUT2D eigenvalue weighted by atomic mass is 35.5. The number of nitrogens with one attached hydrogen (secondary N) is 1. The van der Waals surface area contributed by atoms with E-state index < -0.39 is 0 Å². The van der Waals surface area contributed by atoms with Gasteiger partial charge in [0.2, 0.25) is 5.91 Å². The van der Waals surface area contributed by atoms with Gasteiger partial charge in [-0.3, -0.25) is 9.69 Å². The van der Waals surface area contributed by atoms with Crippen molar-refractivity contribution in [1.29, 1.82) is 0 Å². The number of tetrazole rings is 1. The largest absolute Gasteiger partial charge is 0.497 e. The zero-order chi connectivity index (χ0) is 24.2. The summed E-state index contributed by atoms with van der Waals surface area (Å²) < 4.78 is 6.91. The van der Waals surface area contributed by atoms with E-state index in [1.165, 1.54) is 0 Å². The third kappa shape index (κ3) is 4.88. The number of methoxy groups -OCH3 is 1. The Kier molecular flexibility index (Phi) is 6.45. The Morgan fingerprint density at radius 2 is 1.77 bits per heavy atom. The highest BCUT2D eigenvalue weighted by Crippen LogP contribution is 2.36. The van der Waals surface area contributed by atoms with Gasteiger partial charge in [-0.2, -0.15) is 4.68 Å². The van der Waals surface area contributed by atoms with Crippen LogP contribution in [0.25, 0.3) is 5.70 Å². The average Bonchev–Trinajstić information content (AvgIpc) is 3.39. The van der Waals surface area contributed by atoms with Crippen molar-refractivity contribution in [2.24, 2.45) is 0 Å². The smallest absolute Gasteiger partial charge is 0.251 e. The molecule has 1 aliphatic heterocycles. The Morgan fingerprint density at radius 3 is 2.49 bits per heavy atom. The van der Waals surface area contributed by atoms with Gasteiger partial charge in [0.05, 0.1) is 12.8 Å². The van der Waals surface area contributed by atoms with Crippen molar-refractivity contribution in [1.82, 2.24) is 25.5 Å². The van der Waals surface area contributed by atoms with Gasteiger partial charge in [0.25, 0.3) is 5.95 Å². The maximum absolute atomic E-state index is 13.0. The highest BCUT2D eigenvalue weighted by molar-refractivity contribution is 6.30. The van der Waals surface area contributed by atoms with E-state index in [0.29, 0.717) is 17.5 Å². The first-order valence-corrected chi connectivity index (χ1v) is 11.5. The van der Waals surface area contributed by atoms with E-state index in [0.717, 1.165) is 28.1 Å². The van der Waals surface area contributed by atoms with Crippen molar-refractivity contribution in [3.63, 3.8) is 0 Å². The first-order chi connectivity index (χ1) is 17.1. The summed E-state index contributed by atoms with van der Waals surface area (Å²) in [5.74, 6) is 1.11. The number of allylic oxidation sites excluding steroid dienone is 1. The maximum Gasteiger partial charge on any atom is 0.251 e. The quantitative estimate of drug-likeness (QED) is 0.423. The van der Waals surface area contributed by atoms with Crippen LogP contribution in [0.3, 0.4) is 0 Å². The molecule has 3 aromatic carbocycles. The topological polar surface area (TPSA) is 85.2 Å². The fourth-order valence-electron chi connectivity index (χ4n) is 4.02. The first kappa shape index (κ1) is 22.6. The van der Waals surface area contributed by atoms with Gasteiger partial charge in [0.15, 0.2) is 0 Å². The van der Waals surface area contributed by atoms with Crippen molar-refractivity contribution in [3.05, 3.63) is 107 Å². The zero-order valence-corrected chi connectivity index (χ0v) is 19.8. The van der Waals surface area contributed by atoms with Crippen molar-refractivity contribution < 1.29 is 9.53 Å². The summed E-state index contributed by atoms with van der Waals surface area (Å²) in [6.45, 7) is 0.462. The summed E-state index contributed by atoms with van der Waals surface area (Å²) >= 11 is 6.10.